The smallest absolute Gasteiger partial charge is 0.253 e. The van der Waals surface area contributed by atoms with Crippen molar-refractivity contribution in [2.75, 3.05) is 22.9 Å². The summed E-state index contributed by atoms with van der Waals surface area (Å²) in [7, 11) is 0. The molecule has 0 atom stereocenters. The van der Waals surface area contributed by atoms with Crippen LogP contribution in [0.4, 0.5) is 11.4 Å². The molecule has 0 bridgehead atoms. The first kappa shape index (κ1) is 17.5. The maximum atomic E-state index is 10.8. The Morgan fingerprint density at radius 1 is 0.846 bits per heavy atom. The highest BCUT2D eigenvalue weighted by Gasteiger charge is 2.28. The van der Waals surface area contributed by atoms with E-state index >= 15 is 0 Å². The zero-order chi connectivity index (χ0) is 18.8. The average Bonchev–Trinajstić information content (AvgIpc) is 3.17. The van der Waals surface area contributed by atoms with Crippen molar-refractivity contribution in [3.63, 3.8) is 0 Å². The topological polar surface area (TPSA) is 133 Å². The monoisotopic (exact) mass is 362 g/mol. The maximum Gasteiger partial charge on any atom is 0.253 e. The molecule has 0 unspecified atom stereocenters. The van der Waals surface area contributed by atoms with E-state index < -0.39 is 9.85 Å². The summed E-state index contributed by atoms with van der Waals surface area (Å²) < 4.78 is 0. The molecule has 2 aliphatic rings. The number of allylic oxidation sites excluding steroid dienone is 2. The Morgan fingerprint density at radius 3 is 1.58 bits per heavy atom. The normalized spacial score (nSPS) is 20.3. The molecule has 2 aliphatic heterocycles. The Bertz CT molecular complexity index is 751. The van der Waals surface area contributed by atoms with Crippen molar-refractivity contribution in [1.82, 2.24) is 0 Å². The van der Waals surface area contributed by atoms with Crippen molar-refractivity contribution in [3.8, 4) is 11.5 Å². The van der Waals surface area contributed by atoms with Gasteiger partial charge in [0.15, 0.2) is 0 Å². The Balaban J connectivity index is 1.97. The van der Waals surface area contributed by atoms with Gasteiger partial charge in [0, 0.05) is 25.2 Å². The van der Waals surface area contributed by atoms with Gasteiger partial charge in [-0.25, -0.2) is 0 Å². The number of benzene rings is 1. The second-order valence-corrected chi connectivity index (χ2v) is 6.15. The number of nitro groups is 2. The van der Waals surface area contributed by atoms with E-state index in [-0.39, 0.29) is 22.9 Å². The predicted molar refractivity (Wildman–Crippen MR) is 93.1 cm³/mol. The van der Waals surface area contributed by atoms with Gasteiger partial charge in [-0.1, -0.05) is 0 Å². The van der Waals surface area contributed by atoms with E-state index in [1.807, 2.05) is 0 Å². The van der Waals surface area contributed by atoms with Crippen LogP contribution in [0, 0.1) is 20.2 Å². The maximum absolute atomic E-state index is 10.8. The summed E-state index contributed by atoms with van der Waals surface area (Å²) in [6, 6.07) is 2.68. The van der Waals surface area contributed by atoms with Gasteiger partial charge in [-0.3, -0.25) is 20.2 Å². The molecule has 138 valence electrons. The second kappa shape index (κ2) is 6.90. The van der Waals surface area contributed by atoms with Gasteiger partial charge in [-0.15, -0.1) is 0 Å². The molecule has 10 heteroatoms. The van der Waals surface area contributed by atoms with Crippen LogP contribution in [0.3, 0.4) is 0 Å². The molecule has 3 rings (SSSR count). The SMILES string of the molecule is O=[N+]([O-])/C=C1\CCCN1c1cc(O)c(N2CCC/C2=C\[N+](=O)[O-])cc1O. The van der Waals surface area contributed by atoms with Crippen LogP contribution in [-0.4, -0.2) is 33.1 Å². The first-order chi connectivity index (χ1) is 12.4. The van der Waals surface area contributed by atoms with Gasteiger partial charge in [-0.2, -0.15) is 0 Å². The van der Waals surface area contributed by atoms with Gasteiger partial charge < -0.3 is 20.0 Å². The fourth-order valence-electron chi connectivity index (χ4n) is 3.44. The minimum Gasteiger partial charge on any atom is -0.506 e. The first-order valence-corrected chi connectivity index (χ1v) is 8.16. The number of aromatic hydroxyl groups is 2. The molecule has 1 aromatic rings. The molecule has 0 spiro atoms. The minimum absolute atomic E-state index is 0.152. The van der Waals surface area contributed by atoms with Crippen molar-refractivity contribution < 1.29 is 20.1 Å². The summed E-state index contributed by atoms with van der Waals surface area (Å²) in [6.07, 6.45) is 4.20. The van der Waals surface area contributed by atoms with Crippen molar-refractivity contribution >= 4 is 11.4 Å². The van der Waals surface area contributed by atoms with Crippen molar-refractivity contribution in [3.05, 3.63) is 56.2 Å². The Labute approximate surface area is 148 Å². The fraction of sp³-hybridized carbons (Fsp3) is 0.375. The van der Waals surface area contributed by atoms with Crippen LogP contribution < -0.4 is 9.80 Å². The lowest BCUT2D eigenvalue weighted by Crippen LogP contribution is -2.19. The molecule has 0 aromatic heterocycles. The van der Waals surface area contributed by atoms with E-state index in [1.165, 1.54) is 12.1 Å². The summed E-state index contributed by atoms with van der Waals surface area (Å²) in [5.74, 6) is -0.303. The molecule has 2 fully saturated rings. The molecule has 1 aromatic carbocycles. The molecule has 0 saturated carbocycles. The van der Waals surface area contributed by atoms with Gasteiger partial charge in [0.25, 0.3) is 12.4 Å². The van der Waals surface area contributed by atoms with E-state index in [1.54, 1.807) is 9.80 Å². The molecular weight excluding hydrogens is 344 g/mol. The molecule has 26 heavy (non-hydrogen) atoms. The van der Waals surface area contributed by atoms with E-state index in [2.05, 4.69) is 0 Å². The highest BCUT2D eigenvalue weighted by molar-refractivity contribution is 5.75. The van der Waals surface area contributed by atoms with E-state index in [0.29, 0.717) is 50.2 Å². The van der Waals surface area contributed by atoms with Crippen molar-refractivity contribution in [2.45, 2.75) is 25.7 Å². The summed E-state index contributed by atoms with van der Waals surface area (Å²) in [4.78, 5) is 23.6. The Kier molecular flexibility index (Phi) is 4.65. The zero-order valence-electron chi connectivity index (χ0n) is 13.9. The van der Waals surface area contributed by atoms with Gasteiger partial charge in [0.05, 0.1) is 32.6 Å². The van der Waals surface area contributed by atoms with Crippen molar-refractivity contribution in [2.24, 2.45) is 0 Å². The second-order valence-electron chi connectivity index (χ2n) is 6.15. The molecule has 2 N–H and O–H groups in total. The number of phenolic OH excluding ortho intramolecular Hbond substituents is 2. The molecule has 2 saturated heterocycles. The summed E-state index contributed by atoms with van der Waals surface area (Å²) in [5, 5.41) is 42.4. The third kappa shape index (κ3) is 3.39. The number of anilines is 2. The van der Waals surface area contributed by atoms with Crippen LogP contribution in [0.25, 0.3) is 0 Å². The van der Waals surface area contributed by atoms with Crippen LogP contribution in [-0.2, 0) is 0 Å². The third-order valence-electron chi connectivity index (χ3n) is 4.48. The molecule has 0 radical (unpaired) electrons. The quantitative estimate of drug-likeness (QED) is 0.474. The molecule has 10 nitrogen and oxygen atoms in total. The van der Waals surface area contributed by atoms with Gasteiger partial charge >= 0.3 is 0 Å². The Hall–Kier alpha value is -3.30. The predicted octanol–water partition coefficient (Wildman–Crippen LogP) is 2.53. The number of hydrogen-bond donors (Lipinski definition) is 2. The van der Waals surface area contributed by atoms with Crippen LogP contribution in [0.2, 0.25) is 0 Å². The number of phenols is 2. The summed E-state index contributed by atoms with van der Waals surface area (Å²) >= 11 is 0. The third-order valence-corrected chi connectivity index (χ3v) is 4.48. The standard InChI is InChI=1S/C16H18N4O6/c21-15-8-14(18-6-2-4-12(18)10-20(25)26)16(22)7-13(15)17-5-1-3-11(17)9-19(23)24/h7-10,21-22H,1-6H2/b11-9+,12-10+. The lowest BCUT2D eigenvalue weighted by atomic mass is 10.2. The highest BCUT2D eigenvalue weighted by Crippen LogP contribution is 2.44. The fourth-order valence-corrected chi connectivity index (χ4v) is 3.44. The van der Waals surface area contributed by atoms with Gasteiger partial charge in [0.1, 0.15) is 11.5 Å². The van der Waals surface area contributed by atoms with Crippen LogP contribution in [0.1, 0.15) is 25.7 Å². The lowest BCUT2D eigenvalue weighted by molar-refractivity contribution is -0.403. The Morgan fingerprint density at radius 2 is 1.23 bits per heavy atom. The van der Waals surface area contributed by atoms with Crippen molar-refractivity contribution in [1.29, 1.82) is 0 Å². The zero-order valence-corrected chi connectivity index (χ0v) is 13.9. The first-order valence-electron chi connectivity index (χ1n) is 8.16. The summed E-state index contributed by atoms with van der Waals surface area (Å²) in [6.45, 7) is 0.977. The molecular formula is C16H18N4O6. The van der Waals surface area contributed by atoms with E-state index in [0.717, 1.165) is 12.4 Å². The molecule has 0 aliphatic carbocycles. The lowest BCUT2D eigenvalue weighted by Gasteiger charge is -2.24. The van der Waals surface area contributed by atoms with Gasteiger partial charge in [-0.05, 0) is 25.7 Å². The summed E-state index contributed by atoms with van der Waals surface area (Å²) in [5.41, 5.74) is 1.45. The largest absolute Gasteiger partial charge is 0.506 e. The van der Waals surface area contributed by atoms with Gasteiger partial charge in [0.2, 0.25) is 0 Å². The average molecular weight is 362 g/mol. The molecule has 2 heterocycles. The number of nitrogens with zero attached hydrogens (tertiary/aromatic N) is 4. The van der Waals surface area contributed by atoms with Crippen LogP contribution >= 0.6 is 0 Å². The van der Waals surface area contributed by atoms with Crippen LogP contribution in [0.5, 0.6) is 11.5 Å². The van der Waals surface area contributed by atoms with Crippen LogP contribution in [0.15, 0.2) is 35.9 Å². The van der Waals surface area contributed by atoms with E-state index in [9.17, 15) is 30.4 Å². The minimum atomic E-state index is -0.544. The highest BCUT2D eigenvalue weighted by atomic mass is 16.6. The molecule has 0 amide bonds. The van der Waals surface area contributed by atoms with E-state index in [4.69, 9.17) is 0 Å². The number of rotatable bonds is 4. The number of hydrogen-bond acceptors (Lipinski definition) is 8.